The van der Waals surface area contributed by atoms with Gasteiger partial charge in [0, 0.05) is 13.0 Å². The van der Waals surface area contributed by atoms with Crippen LogP contribution in [0.5, 0.6) is 0 Å². The van der Waals surface area contributed by atoms with Crippen LogP contribution < -0.4 is 5.32 Å². The lowest BCUT2D eigenvalue weighted by Crippen LogP contribution is -2.29. The van der Waals surface area contributed by atoms with E-state index in [-0.39, 0.29) is 13.1 Å². The Balaban J connectivity index is 2.45. The fourth-order valence-electron chi connectivity index (χ4n) is 1.13. The van der Waals surface area contributed by atoms with Gasteiger partial charge in [-0.1, -0.05) is 4.98 Å². The Morgan fingerprint density at radius 3 is 2.94 bits per heavy atom. The molecule has 0 bridgehead atoms. The first-order valence-corrected chi connectivity index (χ1v) is 4.71. The molecular formula is C8H10F2N4O3. The zero-order valence-electron chi connectivity index (χ0n) is 8.68. The third-order valence-corrected chi connectivity index (χ3v) is 1.86. The lowest BCUT2D eigenvalue weighted by molar-refractivity contribution is -0.396. The summed E-state index contributed by atoms with van der Waals surface area (Å²) in [5.74, 6) is -1.04. The smallest absolute Gasteiger partial charge is 0.390 e. The second kappa shape index (κ2) is 5.87. The number of rotatable bonds is 6. The van der Waals surface area contributed by atoms with E-state index in [0.717, 1.165) is 4.57 Å². The standard InChI is InChI=1S/C8H10F2N4O3/c9-6(10)1-2-11-7(15)5-13-4-3-12-8(13)14(16)17/h3-4,6H,1-2,5H2,(H,11,15)/i9-1,10-1. The maximum atomic E-state index is 11.8. The van der Waals surface area contributed by atoms with Gasteiger partial charge in [0.2, 0.25) is 6.43 Å². The molecule has 7 nitrogen and oxygen atoms in total. The summed E-state index contributed by atoms with van der Waals surface area (Å²) < 4.78 is 24.6. The summed E-state index contributed by atoms with van der Waals surface area (Å²) in [5, 5.41) is 12.7. The van der Waals surface area contributed by atoms with Crippen LogP contribution in [0.3, 0.4) is 0 Å². The molecule has 0 unspecified atom stereocenters. The van der Waals surface area contributed by atoms with Crippen LogP contribution >= 0.6 is 0 Å². The third kappa shape index (κ3) is 4.13. The van der Waals surface area contributed by atoms with Crippen molar-refractivity contribution in [3.05, 3.63) is 22.5 Å². The summed E-state index contributed by atoms with van der Waals surface area (Å²) in [6, 6.07) is 0. The van der Waals surface area contributed by atoms with Crippen molar-refractivity contribution < 1.29 is 18.5 Å². The van der Waals surface area contributed by atoms with Crippen molar-refractivity contribution >= 4 is 11.9 Å². The maximum Gasteiger partial charge on any atom is 0.435 e. The highest BCUT2D eigenvalue weighted by molar-refractivity contribution is 5.75. The van der Waals surface area contributed by atoms with E-state index in [1.165, 1.54) is 12.4 Å². The monoisotopic (exact) mass is 246 g/mol. The van der Waals surface area contributed by atoms with Crippen molar-refractivity contribution in [3.63, 3.8) is 0 Å². The van der Waals surface area contributed by atoms with Crippen LogP contribution in [-0.4, -0.2) is 33.4 Å². The molecule has 1 aromatic heterocycles. The molecule has 0 aliphatic carbocycles. The van der Waals surface area contributed by atoms with Crippen LogP contribution in [0.15, 0.2) is 12.4 Å². The van der Waals surface area contributed by atoms with Crippen LogP contribution in [-0.2, 0) is 11.3 Å². The highest BCUT2D eigenvalue weighted by atomic mass is 18.3. The Kier molecular flexibility index (Phi) is 4.49. The van der Waals surface area contributed by atoms with E-state index in [1.807, 2.05) is 0 Å². The lowest BCUT2D eigenvalue weighted by Gasteiger charge is -2.04. The average molecular weight is 246 g/mol. The van der Waals surface area contributed by atoms with Gasteiger partial charge in [-0.05, 0) is 4.92 Å². The first-order chi connectivity index (χ1) is 8.00. The van der Waals surface area contributed by atoms with Gasteiger partial charge in [-0.25, -0.2) is 13.3 Å². The summed E-state index contributed by atoms with van der Waals surface area (Å²) in [4.78, 5) is 24.4. The minimum absolute atomic E-state index is 0.168. The Labute approximate surface area is 94.6 Å². The molecular weight excluding hydrogens is 236 g/mol. The largest absolute Gasteiger partial charge is 0.435 e. The van der Waals surface area contributed by atoms with E-state index in [1.54, 1.807) is 0 Å². The molecule has 1 amide bonds. The van der Waals surface area contributed by atoms with Gasteiger partial charge in [0.15, 0.2) is 6.54 Å². The molecule has 1 aromatic rings. The van der Waals surface area contributed by atoms with Crippen LogP contribution in [0.4, 0.5) is 14.7 Å². The van der Waals surface area contributed by atoms with Gasteiger partial charge in [-0.2, -0.15) is 0 Å². The van der Waals surface area contributed by atoms with E-state index in [4.69, 9.17) is 0 Å². The molecule has 0 spiro atoms. The summed E-state index contributed by atoms with van der Waals surface area (Å²) in [6.45, 7) is -0.488. The maximum absolute atomic E-state index is 11.8. The van der Waals surface area contributed by atoms with E-state index >= 15 is 0 Å². The number of nitrogens with one attached hydrogen (secondary N) is 1. The number of amides is 1. The van der Waals surface area contributed by atoms with Crippen molar-refractivity contribution in [3.8, 4) is 0 Å². The van der Waals surface area contributed by atoms with E-state index in [9.17, 15) is 23.7 Å². The minimum atomic E-state index is -2.49. The highest BCUT2D eigenvalue weighted by Gasteiger charge is 2.16. The van der Waals surface area contributed by atoms with Gasteiger partial charge in [-0.3, -0.25) is 4.79 Å². The summed E-state index contributed by atoms with van der Waals surface area (Å²) in [7, 11) is 0. The minimum Gasteiger partial charge on any atom is -0.390 e. The fourth-order valence-corrected chi connectivity index (χ4v) is 1.13. The second-order valence-electron chi connectivity index (χ2n) is 3.14. The molecule has 0 saturated heterocycles. The van der Waals surface area contributed by atoms with E-state index in [2.05, 4.69) is 10.3 Å². The zero-order chi connectivity index (χ0) is 12.8. The first kappa shape index (κ1) is 13.0. The molecule has 0 aliphatic rings. The molecule has 94 valence electrons. The van der Waals surface area contributed by atoms with Gasteiger partial charge in [0.05, 0.1) is 0 Å². The van der Waals surface area contributed by atoms with Crippen molar-refractivity contribution in [2.24, 2.45) is 0 Å². The number of carbonyl (C=O) groups excluding carboxylic acids is 1. The molecule has 1 N–H and O–H groups in total. The summed E-state index contributed by atoms with van der Waals surface area (Å²) in [5.41, 5.74) is 0. The molecule has 0 aliphatic heterocycles. The Bertz CT molecular complexity index is 407. The van der Waals surface area contributed by atoms with E-state index < -0.39 is 29.6 Å². The number of halogens is 2. The predicted molar refractivity (Wildman–Crippen MR) is 52.5 cm³/mol. The van der Waals surface area contributed by atoms with Gasteiger partial charge < -0.3 is 15.4 Å². The van der Waals surface area contributed by atoms with Crippen LogP contribution in [0, 0.1) is 10.1 Å². The molecule has 0 radical (unpaired) electrons. The topological polar surface area (TPSA) is 90.1 Å². The number of carbonyl (C=O) groups is 1. The number of nitro groups is 1. The van der Waals surface area contributed by atoms with Crippen molar-refractivity contribution in [2.75, 3.05) is 6.54 Å². The molecule has 1 heterocycles. The Morgan fingerprint density at radius 1 is 1.65 bits per heavy atom. The van der Waals surface area contributed by atoms with Gasteiger partial charge in [0.25, 0.3) is 5.91 Å². The summed E-state index contributed by atoms with van der Waals surface area (Å²) in [6.07, 6.45) is -0.481. The Morgan fingerprint density at radius 2 is 2.35 bits per heavy atom. The van der Waals surface area contributed by atoms with Crippen LogP contribution in [0.25, 0.3) is 0 Å². The quantitative estimate of drug-likeness (QED) is 0.586. The van der Waals surface area contributed by atoms with Crippen molar-refractivity contribution in [1.82, 2.24) is 14.9 Å². The molecule has 0 atom stereocenters. The van der Waals surface area contributed by atoms with E-state index in [0.29, 0.717) is 0 Å². The summed E-state index contributed by atoms with van der Waals surface area (Å²) >= 11 is 0. The molecule has 0 aromatic carbocycles. The van der Waals surface area contributed by atoms with Gasteiger partial charge >= 0.3 is 5.95 Å². The van der Waals surface area contributed by atoms with Crippen LogP contribution in [0.1, 0.15) is 6.42 Å². The number of hydrogen-bond donors (Lipinski definition) is 1. The molecule has 0 fully saturated rings. The van der Waals surface area contributed by atoms with Crippen molar-refractivity contribution in [1.29, 1.82) is 0 Å². The lowest BCUT2D eigenvalue weighted by atomic mass is 10.4. The number of nitrogens with zero attached hydrogens (tertiary/aromatic N) is 3. The number of alkyl halides is 2. The zero-order valence-corrected chi connectivity index (χ0v) is 8.68. The number of imidazole rings is 1. The average Bonchev–Trinajstić information content (AvgIpc) is 2.65. The SMILES string of the molecule is O=C(Cn1ccnc1[N+](=O)[O-])NCCC([18F])[18F]. The second-order valence-corrected chi connectivity index (χ2v) is 3.14. The van der Waals surface area contributed by atoms with Gasteiger partial charge in [0.1, 0.15) is 12.4 Å². The predicted octanol–water partition coefficient (Wildman–Crippen LogP) is 0.563. The first-order valence-electron chi connectivity index (χ1n) is 4.71. The third-order valence-electron chi connectivity index (χ3n) is 1.86. The molecule has 17 heavy (non-hydrogen) atoms. The van der Waals surface area contributed by atoms with Crippen LogP contribution in [0.2, 0.25) is 0 Å². The molecule has 0 saturated carbocycles. The molecule has 9 heteroatoms. The Hall–Kier alpha value is -2.06. The fraction of sp³-hybridized carbons (Fsp3) is 0.500. The number of hydrogen-bond acceptors (Lipinski definition) is 4. The molecule has 1 rings (SSSR count). The highest BCUT2D eigenvalue weighted by Crippen LogP contribution is 2.06. The van der Waals surface area contributed by atoms with Gasteiger partial charge in [-0.15, -0.1) is 0 Å². The van der Waals surface area contributed by atoms with Crippen molar-refractivity contribution in [2.45, 2.75) is 19.4 Å². The normalized spacial score (nSPS) is 10.5. The number of aromatic nitrogens is 2.